The van der Waals surface area contributed by atoms with Crippen LogP contribution in [0.25, 0.3) is 0 Å². The van der Waals surface area contributed by atoms with E-state index in [1.165, 1.54) is 24.6 Å². The fraction of sp³-hybridized carbons (Fsp3) is 0.361. The molecule has 6 rings (SSSR count). The molecular weight excluding hydrogens is 720 g/mol. The van der Waals surface area contributed by atoms with Gasteiger partial charge in [0.1, 0.15) is 28.1 Å². The van der Waals surface area contributed by atoms with E-state index < -0.39 is 0 Å². The lowest BCUT2D eigenvalue weighted by Crippen LogP contribution is -2.50. The number of rotatable bonds is 13. The SMILES string of the molecule is Cc1nc(Nc2ncc(C(=O)Nc3c(C)cccc3Cl)s2)cc(N2CCN(CCCNC(=O)COc3ccc(N4CCC(=O)N(C)C4=O)cc3)CC2)n1. The van der Waals surface area contributed by atoms with Crippen molar-refractivity contribution in [2.75, 3.05) is 79.9 Å². The number of carbonyl (C=O) groups is 4. The molecule has 17 heteroatoms. The predicted octanol–water partition coefficient (Wildman–Crippen LogP) is 4.70. The highest BCUT2D eigenvalue weighted by Crippen LogP contribution is 2.29. The number of benzene rings is 2. The predicted molar refractivity (Wildman–Crippen MR) is 205 cm³/mol. The van der Waals surface area contributed by atoms with Gasteiger partial charge < -0.3 is 25.6 Å². The first-order valence-corrected chi connectivity index (χ1v) is 18.4. The number of halogens is 1. The van der Waals surface area contributed by atoms with Crippen molar-refractivity contribution in [3.05, 3.63) is 76.0 Å². The van der Waals surface area contributed by atoms with Gasteiger partial charge in [0.25, 0.3) is 11.8 Å². The van der Waals surface area contributed by atoms with Crippen molar-refractivity contribution in [1.29, 1.82) is 0 Å². The molecule has 15 nitrogen and oxygen atoms in total. The quantitative estimate of drug-likeness (QED) is 0.162. The largest absolute Gasteiger partial charge is 0.484 e. The zero-order chi connectivity index (χ0) is 37.5. The van der Waals surface area contributed by atoms with E-state index in [2.05, 4.69) is 40.7 Å². The van der Waals surface area contributed by atoms with E-state index in [0.29, 0.717) is 56.9 Å². The van der Waals surface area contributed by atoms with Crippen LogP contribution in [0.1, 0.15) is 33.9 Å². The Morgan fingerprint density at radius 3 is 2.53 bits per heavy atom. The summed E-state index contributed by atoms with van der Waals surface area (Å²) in [6, 6.07) is 13.9. The van der Waals surface area contributed by atoms with E-state index in [-0.39, 0.29) is 36.8 Å². The van der Waals surface area contributed by atoms with Gasteiger partial charge in [-0.15, -0.1) is 0 Å². The van der Waals surface area contributed by atoms with Crippen LogP contribution in [0.3, 0.4) is 0 Å². The highest BCUT2D eigenvalue weighted by Gasteiger charge is 2.30. The minimum absolute atomic E-state index is 0.116. The van der Waals surface area contributed by atoms with Crippen LogP contribution in [0.4, 0.5) is 32.9 Å². The smallest absolute Gasteiger partial charge is 0.330 e. The molecule has 2 aliphatic heterocycles. The van der Waals surface area contributed by atoms with Gasteiger partial charge in [-0.05, 0) is 62.7 Å². The average Bonchev–Trinajstić information content (AvgIpc) is 3.62. The monoisotopic (exact) mass is 760 g/mol. The molecule has 4 aromatic rings. The Labute approximate surface area is 316 Å². The standard InChI is InChI=1S/C36H41ClN10O5S/c1-23-6-4-7-27(37)33(23)43-34(50)28-21-39-35(53-28)42-29-20-30(41-24(2)40-29)46-18-16-45(17-19-46)14-5-13-38-31(48)22-52-26-10-8-25(9-11-26)47-15-12-32(49)44(3)36(47)51/h4,6-11,20-21H,5,12-19,22H2,1-3H3,(H,38,48)(H,43,50)(H,39,40,41,42). The summed E-state index contributed by atoms with van der Waals surface area (Å²) in [6.45, 7) is 8.60. The first-order chi connectivity index (χ1) is 25.5. The van der Waals surface area contributed by atoms with Crippen LogP contribution in [-0.4, -0.2) is 108 Å². The number of nitrogens with one attached hydrogen (secondary N) is 3. The highest BCUT2D eigenvalue weighted by atomic mass is 35.5. The second-order valence-corrected chi connectivity index (χ2v) is 14.1. The molecule has 0 radical (unpaired) electrons. The molecule has 2 aromatic heterocycles. The van der Waals surface area contributed by atoms with Gasteiger partial charge in [0.2, 0.25) is 5.91 Å². The van der Waals surface area contributed by atoms with E-state index in [4.69, 9.17) is 16.3 Å². The van der Waals surface area contributed by atoms with E-state index in [0.717, 1.165) is 55.4 Å². The summed E-state index contributed by atoms with van der Waals surface area (Å²) < 4.78 is 5.63. The molecule has 0 unspecified atom stereocenters. The third kappa shape index (κ3) is 9.57. The molecule has 0 aliphatic carbocycles. The summed E-state index contributed by atoms with van der Waals surface area (Å²) in [5.74, 6) is 1.84. The number of hydrogen-bond donors (Lipinski definition) is 3. The number of anilines is 5. The zero-order valence-corrected chi connectivity index (χ0v) is 31.3. The van der Waals surface area contributed by atoms with Crippen molar-refractivity contribution in [1.82, 2.24) is 30.1 Å². The third-order valence-corrected chi connectivity index (χ3v) is 10.1. The van der Waals surface area contributed by atoms with Gasteiger partial charge in [-0.1, -0.05) is 35.1 Å². The van der Waals surface area contributed by atoms with Crippen molar-refractivity contribution in [3.63, 3.8) is 0 Å². The maximum atomic E-state index is 12.9. The molecule has 0 bridgehead atoms. The fourth-order valence-electron chi connectivity index (χ4n) is 5.94. The Morgan fingerprint density at radius 1 is 1.00 bits per heavy atom. The first-order valence-electron chi connectivity index (χ1n) is 17.2. The maximum absolute atomic E-state index is 12.9. The first kappa shape index (κ1) is 37.4. The van der Waals surface area contributed by atoms with E-state index in [1.807, 2.05) is 32.0 Å². The number of urea groups is 1. The Bertz CT molecular complexity index is 1950. The van der Waals surface area contributed by atoms with Crippen molar-refractivity contribution >= 4 is 74.8 Å². The number of hydrogen-bond acceptors (Lipinski definition) is 12. The second kappa shape index (κ2) is 17.0. The number of nitrogens with zero attached hydrogens (tertiary/aromatic N) is 7. The average molecular weight is 761 g/mol. The number of amides is 5. The Hall–Kier alpha value is -5.32. The summed E-state index contributed by atoms with van der Waals surface area (Å²) in [5.41, 5.74) is 2.11. The second-order valence-electron chi connectivity index (χ2n) is 12.7. The summed E-state index contributed by atoms with van der Waals surface area (Å²) in [7, 11) is 1.47. The van der Waals surface area contributed by atoms with Crippen molar-refractivity contribution < 1.29 is 23.9 Å². The molecule has 4 heterocycles. The van der Waals surface area contributed by atoms with Crippen LogP contribution in [0.5, 0.6) is 5.75 Å². The number of aromatic nitrogens is 3. The van der Waals surface area contributed by atoms with Crippen molar-refractivity contribution in [2.24, 2.45) is 0 Å². The van der Waals surface area contributed by atoms with E-state index in [9.17, 15) is 19.2 Å². The number of thiazole rings is 1. The van der Waals surface area contributed by atoms with Gasteiger partial charge in [0, 0.05) is 64.5 Å². The number of imide groups is 1. The number of aryl methyl sites for hydroxylation is 2. The summed E-state index contributed by atoms with van der Waals surface area (Å²) >= 11 is 7.50. The zero-order valence-electron chi connectivity index (χ0n) is 29.7. The normalized spacial score (nSPS) is 15.1. The lowest BCUT2D eigenvalue weighted by Gasteiger charge is -2.35. The van der Waals surface area contributed by atoms with Gasteiger partial charge in [0.15, 0.2) is 11.7 Å². The molecule has 0 spiro atoms. The lowest BCUT2D eigenvalue weighted by atomic mass is 10.2. The van der Waals surface area contributed by atoms with Gasteiger partial charge in [-0.25, -0.2) is 19.7 Å². The highest BCUT2D eigenvalue weighted by molar-refractivity contribution is 7.17. The molecule has 53 heavy (non-hydrogen) atoms. The minimum Gasteiger partial charge on any atom is -0.484 e. The number of ether oxygens (including phenoxy) is 1. The number of piperazine rings is 1. The molecule has 0 atom stereocenters. The minimum atomic E-state index is -0.363. The molecule has 2 fully saturated rings. The molecular formula is C36H41ClN10O5S. The molecule has 5 amide bonds. The summed E-state index contributed by atoms with van der Waals surface area (Å²) in [5, 5.41) is 10.0. The van der Waals surface area contributed by atoms with Crippen LogP contribution in [0.2, 0.25) is 5.02 Å². The molecule has 278 valence electrons. The Balaban J connectivity index is 0.897. The van der Waals surface area contributed by atoms with Gasteiger partial charge in [-0.3, -0.25) is 29.1 Å². The van der Waals surface area contributed by atoms with Gasteiger partial charge in [0.05, 0.1) is 16.9 Å². The topological polar surface area (TPSA) is 165 Å². The van der Waals surface area contributed by atoms with Crippen LogP contribution in [0.15, 0.2) is 54.7 Å². The third-order valence-electron chi connectivity index (χ3n) is 8.88. The molecule has 2 aliphatic rings. The van der Waals surface area contributed by atoms with Gasteiger partial charge in [-0.2, -0.15) is 0 Å². The summed E-state index contributed by atoms with van der Waals surface area (Å²) in [4.78, 5) is 70.6. The fourth-order valence-corrected chi connectivity index (χ4v) is 6.93. The molecule has 0 saturated carbocycles. The van der Waals surface area contributed by atoms with Gasteiger partial charge >= 0.3 is 6.03 Å². The van der Waals surface area contributed by atoms with Crippen LogP contribution >= 0.6 is 22.9 Å². The lowest BCUT2D eigenvalue weighted by molar-refractivity contribution is -0.127. The Kier molecular flexibility index (Phi) is 12.0. The summed E-state index contributed by atoms with van der Waals surface area (Å²) in [6.07, 6.45) is 2.59. The molecule has 2 saturated heterocycles. The number of para-hydroxylation sites is 1. The van der Waals surface area contributed by atoms with E-state index >= 15 is 0 Å². The Morgan fingerprint density at radius 2 is 1.77 bits per heavy atom. The van der Waals surface area contributed by atoms with Crippen molar-refractivity contribution in [2.45, 2.75) is 26.7 Å². The number of carbonyl (C=O) groups excluding carboxylic acids is 4. The van der Waals surface area contributed by atoms with Crippen LogP contribution in [-0.2, 0) is 9.59 Å². The molecule has 3 N–H and O–H groups in total. The van der Waals surface area contributed by atoms with Crippen LogP contribution < -0.4 is 30.5 Å². The van der Waals surface area contributed by atoms with E-state index in [1.54, 1.807) is 35.2 Å². The maximum Gasteiger partial charge on any atom is 0.330 e. The van der Waals surface area contributed by atoms with Crippen molar-refractivity contribution in [3.8, 4) is 5.75 Å². The van der Waals surface area contributed by atoms with Crippen LogP contribution in [0, 0.1) is 13.8 Å². The molecule has 2 aromatic carbocycles.